The SMILES string of the molecule is N[C@H]1C[C@H](CO)[C@H](O[C@H]2[C@H](O)[C@@H](CO)OC(O)[C@@H]2O)C[C@@H]1O. The highest BCUT2D eigenvalue weighted by Gasteiger charge is 2.47. The predicted molar refractivity (Wildman–Crippen MR) is 72.4 cm³/mol. The molecule has 1 unspecified atom stereocenters. The average Bonchev–Trinajstić information content (AvgIpc) is 2.50. The average molecular weight is 323 g/mol. The number of aliphatic hydroxyl groups is 6. The van der Waals surface area contributed by atoms with Crippen LogP contribution in [0.15, 0.2) is 0 Å². The molecule has 0 aromatic rings. The Balaban J connectivity index is 2.08. The van der Waals surface area contributed by atoms with Crippen molar-refractivity contribution in [2.75, 3.05) is 13.2 Å². The smallest absolute Gasteiger partial charge is 0.184 e. The molecule has 0 aromatic heterocycles. The fraction of sp³-hybridized carbons (Fsp3) is 1.00. The Labute approximate surface area is 127 Å². The molecule has 130 valence electrons. The molecule has 1 saturated carbocycles. The quantitative estimate of drug-likeness (QED) is 0.275. The lowest BCUT2D eigenvalue weighted by Crippen LogP contribution is -2.61. The molecule has 0 amide bonds. The van der Waals surface area contributed by atoms with Gasteiger partial charge < -0.3 is 45.8 Å². The number of nitrogens with two attached hydrogens (primary N) is 1. The molecule has 9 atom stereocenters. The van der Waals surface area contributed by atoms with Crippen LogP contribution in [0.25, 0.3) is 0 Å². The molecular weight excluding hydrogens is 298 g/mol. The van der Waals surface area contributed by atoms with E-state index < -0.39 is 55.6 Å². The van der Waals surface area contributed by atoms with Crippen molar-refractivity contribution in [1.82, 2.24) is 0 Å². The molecule has 0 aromatic carbocycles. The maximum atomic E-state index is 10.1. The third kappa shape index (κ3) is 3.58. The summed E-state index contributed by atoms with van der Waals surface area (Å²) in [6.07, 6.45) is -7.74. The van der Waals surface area contributed by atoms with Gasteiger partial charge in [0.15, 0.2) is 6.29 Å². The van der Waals surface area contributed by atoms with Crippen molar-refractivity contribution in [3.63, 3.8) is 0 Å². The fourth-order valence-corrected chi connectivity index (χ4v) is 3.05. The Morgan fingerprint density at radius 1 is 1.00 bits per heavy atom. The molecule has 9 nitrogen and oxygen atoms in total. The Hall–Kier alpha value is -0.360. The minimum atomic E-state index is -1.60. The van der Waals surface area contributed by atoms with Crippen LogP contribution < -0.4 is 5.73 Å². The second-order valence-electron chi connectivity index (χ2n) is 6.01. The van der Waals surface area contributed by atoms with E-state index in [0.717, 1.165) is 0 Å². The van der Waals surface area contributed by atoms with Crippen LogP contribution in [0.4, 0.5) is 0 Å². The van der Waals surface area contributed by atoms with E-state index in [1.54, 1.807) is 0 Å². The highest BCUT2D eigenvalue weighted by molar-refractivity contribution is 4.94. The van der Waals surface area contributed by atoms with Crippen molar-refractivity contribution < 1.29 is 40.1 Å². The molecule has 0 radical (unpaired) electrons. The second kappa shape index (κ2) is 7.47. The standard InChI is InChI=1S/C13H25NO8/c14-6-1-5(3-15)8(2-7(6)17)21-12-10(18)9(4-16)22-13(20)11(12)19/h5-13,15-20H,1-4,14H2/t5-,6+,7+,8-,9-,10-,11-,12+,13?/m1/s1. The molecule has 0 bridgehead atoms. The minimum absolute atomic E-state index is 0.142. The van der Waals surface area contributed by atoms with Gasteiger partial charge >= 0.3 is 0 Å². The van der Waals surface area contributed by atoms with E-state index in [-0.39, 0.29) is 18.9 Å². The van der Waals surface area contributed by atoms with E-state index in [1.165, 1.54) is 0 Å². The van der Waals surface area contributed by atoms with E-state index in [9.17, 15) is 25.5 Å². The lowest BCUT2D eigenvalue weighted by atomic mass is 9.82. The number of rotatable bonds is 4. The van der Waals surface area contributed by atoms with Gasteiger partial charge in [0.2, 0.25) is 0 Å². The van der Waals surface area contributed by atoms with E-state index >= 15 is 0 Å². The van der Waals surface area contributed by atoms with Gasteiger partial charge in [-0.25, -0.2) is 0 Å². The summed E-state index contributed by atoms with van der Waals surface area (Å²) < 4.78 is 10.5. The molecule has 1 saturated heterocycles. The summed E-state index contributed by atoms with van der Waals surface area (Å²) in [5.74, 6) is -0.356. The monoisotopic (exact) mass is 323 g/mol. The van der Waals surface area contributed by atoms with Gasteiger partial charge in [-0.1, -0.05) is 0 Å². The van der Waals surface area contributed by atoms with Gasteiger partial charge in [0.1, 0.15) is 24.4 Å². The van der Waals surface area contributed by atoms with Crippen LogP contribution in [0.3, 0.4) is 0 Å². The Kier molecular flexibility index (Phi) is 6.11. The highest BCUT2D eigenvalue weighted by atomic mass is 16.6. The van der Waals surface area contributed by atoms with Crippen LogP contribution >= 0.6 is 0 Å². The van der Waals surface area contributed by atoms with Crippen LogP contribution in [0.5, 0.6) is 0 Å². The molecule has 1 aliphatic carbocycles. The van der Waals surface area contributed by atoms with Gasteiger partial charge in [0, 0.05) is 25.0 Å². The maximum absolute atomic E-state index is 10.1. The van der Waals surface area contributed by atoms with E-state index in [0.29, 0.717) is 6.42 Å². The van der Waals surface area contributed by atoms with Crippen molar-refractivity contribution in [3.05, 3.63) is 0 Å². The molecule has 1 aliphatic heterocycles. The van der Waals surface area contributed by atoms with Crippen LogP contribution in [0, 0.1) is 5.92 Å². The first-order valence-corrected chi connectivity index (χ1v) is 7.39. The zero-order valence-corrected chi connectivity index (χ0v) is 12.1. The number of aliphatic hydroxyl groups excluding tert-OH is 6. The third-order valence-electron chi connectivity index (χ3n) is 4.48. The predicted octanol–water partition coefficient (Wildman–Crippen LogP) is -3.74. The maximum Gasteiger partial charge on any atom is 0.184 e. The van der Waals surface area contributed by atoms with Crippen molar-refractivity contribution in [2.24, 2.45) is 11.7 Å². The summed E-state index contributed by atoms with van der Waals surface area (Å²) in [7, 11) is 0. The van der Waals surface area contributed by atoms with Crippen molar-refractivity contribution in [1.29, 1.82) is 0 Å². The first-order chi connectivity index (χ1) is 10.4. The Morgan fingerprint density at radius 2 is 1.68 bits per heavy atom. The normalized spacial score (nSPS) is 50.0. The molecule has 0 spiro atoms. The molecular formula is C13H25NO8. The summed E-state index contributed by atoms with van der Waals surface area (Å²) in [6, 6.07) is -0.475. The molecule has 22 heavy (non-hydrogen) atoms. The van der Waals surface area contributed by atoms with Gasteiger partial charge in [0.05, 0.1) is 18.8 Å². The first-order valence-electron chi connectivity index (χ1n) is 7.39. The van der Waals surface area contributed by atoms with Gasteiger partial charge in [-0.2, -0.15) is 0 Å². The fourth-order valence-electron chi connectivity index (χ4n) is 3.05. The van der Waals surface area contributed by atoms with Crippen LogP contribution in [-0.2, 0) is 9.47 Å². The van der Waals surface area contributed by atoms with Gasteiger partial charge in [0.25, 0.3) is 0 Å². The number of hydrogen-bond acceptors (Lipinski definition) is 9. The largest absolute Gasteiger partial charge is 0.396 e. The summed E-state index contributed by atoms with van der Waals surface area (Å²) in [5.41, 5.74) is 5.75. The summed E-state index contributed by atoms with van der Waals surface area (Å²) in [4.78, 5) is 0. The van der Waals surface area contributed by atoms with Crippen LogP contribution in [0.2, 0.25) is 0 Å². The zero-order valence-electron chi connectivity index (χ0n) is 12.1. The number of hydrogen-bond donors (Lipinski definition) is 7. The minimum Gasteiger partial charge on any atom is -0.396 e. The van der Waals surface area contributed by atoms with Crippen molar-refractivity contribution >= 4 is 0 Å². The Morgan fingerprint density at radius 3 is 2.27 bits per heavy atom. The van der Waals surface area contributed by atoms with E-state index in [2.05, 4.69) is 0 Å². The topological polar surface area (TPSA) is 166 Å². The summed E-state index contributed by atoms with van der Waals surface area (Å²) in [6.45, 7) is -0.765. The molecule has 2 aliphatic rings. The van der Waals surface area contributed by atoms with Crippen LogP contribution in [0.1, 0.15) is 12.8 Å². The number of ether oxygens (including phenoxy) is 2. The van der Waals surface area contributed by atoms with Crippen molar-refractivity contribution in [2.45, 2.75) is 61.8 Å². The molecule has 9 heteroatoms. The van der Waals surface area contributed by atoms with Gasteiger partial charge in [-0.15, -0.1) is 0 Å². The van der Waals surface area contributed by atoms with Gasteiger partial charge in [-0.05, 0) is 6.42 Å². The summed E-state index contributed by atoms with van der Waals surface area (Å²) in [5, 5.41) is 58.1. The lowest BCUT2D eigenvalue weighted by Gasteiger charge is -2.44. The summed E-state index contributed by atoms with van der Waals surface area (Å²) >= 11 is 0. The molecule has 1 heterocycles. The van der Waals surface area contributed by atoms with Gasteiger partial charge in [-0.3, -0.25) is 0 Å². The van der Waals surface area contributed by atoms with Crippen molar-refractivity contribution in [3.8, 4) is 0 Å². The first kappa shape index (κ1) is 18.0. The van der Waals surface area contributed by atoms with E-state index in [1.807, 2.05) is 0 Å². The molecule has 2 rings (SSSR count). The van der Waals surface area contributed by atoms with Crippen LogP contribution in [-0.4, -0.2) is 92.8 Å². The molecule has 8 N–H and O–H groups in total. The lowest BCUT2D eigenvalue weighted by molar-refractivity contribution is -0.305. The Bertz CT molecular complexity index is 359. The highest BCUT2D eigenvalue weighted by Crippen LogP contribution is 2.31. The molecule has 2 fully saturated rings. The third-order valence-corrected chi connectivity index (χ3v) is 4.48. The van der Waals surface area contributed by atoms with E-state index in [4.69, 9.17) is 20.3 Å². The second-order valence-corrected chi connectivity index (χ2v) is 6.01. The zero-order chi connectivity index (χ0) is 16.4.